The molecule has 2 rings (SSSR count). The first-order valence-electron chi connectivity index (χ1n) is 7.93. The molecule has 0 heterocycles. The molecule has 4 N–H and O–H groups in total. The van der Waals surface area contributed by atoms with E-state index < -0.39 is 27.7 Å². The highest BCUT2D eigenvalue weighted by molar-refractivity contribution is 7.85. The largest absolute Gasteiger partial charge is 0.507 e. The Labute approximate surface area is 160 Å². The van der Waals surface area contributed by atoms with Crippen LogP contribution in [0.3, 0.4) is 0 Å². The smallest absolute Gasteiger partial charge is 0.307 e. The van der Waals surface area contributed by atoms with Gasteiger partial charge in [0.05, 0.1) is 29.1 Å². The Kier molecular flexibility index (Phi) is 6.79. The Bertz CT molecular complexity index is 1000. The molecule has 11 heteroatoms. The number of hydrogen-bond acceptors (Lipinski definition) is 7. The third-order valence-electron chi connectivity index (χ3n) is 3.44. The van der Waals surface area contributed by atoms with Crippen LogP contribution in [-0.2, 0) is 21.3 Å². The number of carbonyl (C=O) groups is 2. The lowest BCUT2D eigenvalue weighted by Crippen LogP contribution is -2.28. The molecule has 2 aromatic carbocycles. The third kappa shape index (κ3) is 6.78. The Hall–Kier alpha value is -3.31. The molecule has 0 saturated carbocycles. The zero-order valence-electron chi connectivity index (χ0n) is 14.4. The van der Waals surface area contributed by atoms with E-state index in [-0.39, 0.29) is 30.0 Å². The number of carboxylic acid groups (broad SMARTS) is 1. The first kappa shape index (κ1) is 21.0. The van der Waals surface area contributed by atoms with Gasteiger partial charge in [-0.2, -0.15) is 18.6 Å². The number of azo groups is 1. The molecule has 28 heavy (non-hydrogen) atoms. The molecular weight excluding hydrogens is 390 g/mol. The van der Waals surface area contributed by atoms with Crippen LogP contribution in [0.2, 0.25) is 0 Å². The van der Waals surface area contributed by atoms with Crippen molar-refractivity contribution in [2.24, 2.45) is 10.2 Å². The van der Waals surface area contributed by atoms with E-state index >= 15 is 0 Å². The topological polar surface area (TPSA) is 166 Å². The summed E-state index contributed by atoms with van der Waals surface area (Å²) in [4.78, 5) is 22.7. The van der Waals surface area contributed by atoms with Crippen molar-refractivity contribution in [1.29, 1.82) is 0 Å². The van der Waals surface area contributed by atoms with Crippen molar-refractivity contribution in [2.75, 3.05) is 12.3 Å². The number of benzene rings is 2. The maximum Gasteiger partial charge on any atom is 0.307 e. The van der Waals surface area contributed by atoms with Crippen molar-refractivity contribution >= 4 is 33.4 Å². The van der Waals surface area contributed by atoms with Gasteiger partial charge in [-0.25, -0.2) is 0 Å². The predicted octanol–water partition coefficient (Wildman–Crippen LogP) is 2.05. The third-order valence-corrected chi connectivity index (χ3v) is 4.16. The number of carboxylic acids is 1. The number of carbonyl (C=O) groups excluding carboxylic acids is 1. The van der Waals surface area contributed by atoms with E-state index in [4.69, 9.17) is 9.66 Å². The van der Waals surface area contributed by atoms with Crippen LogP contribution >= 0.6 is 0 Å². The summed E-state index contributed by atoms with van der Waals surface area (Å²) in [5, 5.41) is 28.7. The van der Waals surface area contributed by atoms with Crippen molar-refractivity contribution in [2.45, 2.75) is 6.42 Å². The van der Waals surface area contributed by atoms with Crippen molar-refractivity contribution < 1.29 is 32.8 Å². The lowest BCUT2D eigenvalue weighted by Gasteiger charge is -2.06. The molecule has 0 aliphatic rings. The molecule has 2 aromatic rings. The number of rotatable bonds is 8. The number of phenolic OH excluding ortho intramolecular Hbond substituents is 1. The maximum absolute atomic E-state index is 12.0. The summed E-state index contributed by atoms with van der Waals surface area (Å²) in [7, 11) is -4.21. The Morgan fingerprint density at radius 2 is 1.61 bits per heavy atom. The quantitative estimate of drug-likeness (QED) is 0.384. The standard InChI is InChI=1S/C17H17N3O7S/c21-15-6-5-13(10-14(15)17(24)18-7-8-28(25,26)27)20-19-12-3-1-11(2-4-12)9-16(22)23/h1-6,10,21H,7-9H2,(H,18,24)(H,22,23)(H,25,26,27)/b20-19+. The molecule has 1 amide bonds. The summed E-state index contributed by atoms with van der Waals surface area (Å²) >= 11 is 0. The molecule has 10 nitrogen and oxygen atoms in total. The van der Waals surface area contributed by atoms with E-state index in [1.165, 1.54) is 18.2 Å². The molecule has 148 valence electrons. The molecule has 0 spiro atoms. The molecule has 0 unspecified atom stereocenters. The van der Waals surface area contributed by atoms with Crippen molar-refractivity contribution in [3.8, 4) is 5.75 Å². The highest BCUT2D eigenvalue weighted by atomic mass is 32.2. The van der Waals surface area contributed by atoms with E-state index in [0.717, 1.165) is 0 Å². The zero-order chi connectivity index (χ0) is 20.7. The number of nitrogens with one attached hydrogen (secondary N) is 1. The average Bonchev–Trinajstić information content (AvgIpc) is 2.60. The molecular formula is C17H17N3O7S. The Morgan fingerprint density at radius 3 is 2.21 bits per heavy atom. The van der Waals surface area contributed by atoms with E-state index in [0.29, 0.717) is 11.3 Å². The van der Waals surface area contributed by atoms with Crippen LogP contribution < -0.4 is 5.32 Å². The number of phenols is 1. The van der Waals surface area contributed by atoms with Crippen LogP contribution in [0.1, 0.15) is 15.9 Å². The minimum absolute atomic E-state index is 0.106. The van der Waals surface area contributed by atoms with Gasteiger partial charge in [-0.15, -0.1) is 0 Å². The summed E-state index contributed by atoms with van der Waals surface area (Å²) in [5.74, 6) is -2.67. The summed E-state index contributed by atoms with van der Waals surface area (Å²) in [6.07, 6.45) is -0.106. The molecule has 0 fully saturated rings. The average molecular weight is 407 g/mol. The Morgan fingerprint density at radius 1 is 1.00 bits per heavy atom. The number of amides is 1. The van der Waals surface area contributed by atoms with Gasteiger partial charge in [0.15, 0.2) is 0 Å². The second-order valence-electron chi connectivity index (χ2n) is 5.68. The van der Waals surface area contributed by atoms with Crippen LogP contribution in [-0.4, -0.2) is 47.4 Å². The molecule has 0 saturated heterocycles. The normalized spacial score (nSPS) is 11.5. The number of aromatic hydroxyl groups is 1. The predicted molar refractivity (Wildman–Crippen MR) is 98.8 cm³/mol. The zero-order valence-corrected chi connectivity index (χ0v) is 15.3. The fraction of sp³-hybridized carbons (Fsp3) is 0.176. The van der Waals surface area contributed by atoms with Crippen molar-refractivity contribution in [3.05, 3.63) is 53.6 Å². The molecule has 0 bridgehead atoms. The number of nitrogens with zero attached hydrogens (tertiary/aromatic N) is 2. The molecule has 0 aliphatic heterocycles. The summed E-state index contributed by atoms with van der Waals surface area (Å²) in [6, 6.07) is 10.3. The fourth-order valence-corrected chi connectivity index (χ4v) is 2.49. The first-order valence-corrected chi connectivity index (χ1v) is 9.54. The SMILES string of the molecule is O=C(O)Cc1ccc(/N=N/c2ccc(O)c(C(=O)NCCS(=O)(=O)O)c2)cc1. The molecule has 0 atom stereocenters. The maximum atomic E-state index is 12.0. The fourth-order valence-electron chi connectivity index (χ4n) is 2.13. The second kappa shape index (κ2) is 9.06. The van der Waals surface area contributed by atoms with E-state index in [1.807, 2.05) is 0 Å². The summed E-state index contributed by atoms with van der Waals surface area (Å²) in [5.41, 5.74) is 1.19. The van der Waals surface area contributed by atoms with Crippen LogP contribution in [0.15, 0.2) is 52.7 Å². The lowest BCUT2D eigenvalue weighted by atomic mass is 10.1. The van der Waals surface area contributed by atoms with E-state index in [2.05, 4.69) is 15.5 Å². The van der Waals surface area contributed by atoms with Gasteiger partial charge in [0.25, 0.3) is 16.0 Å². The van der Waals surface area contributed by atoms with Crippen LogP contribution in [0.4, 0.5) is 11.4 Å². The molecule has 0 aromatic heterocycles. The van der Waals surface area contributed by atoms with Gasteiger partial charge in [-0.3, -0.25) is 14.1 Å². The summed E-state index contributed by atoms with van der Waals surface area (Å²) < 4.78 is 30.0. The van der Waals surface area contributed by atoms with Gasteiger partial charge in [0.1, 0.15) is 5.75 Å². The highest BCUT2D eigenvalue weighted by Gasteiger charge is 2.13. The highest BCUT2D eigenvalue weighted by Crippen LogP contribution is 2.25. The lowest BCUT2D eigenvalue weighted by molar-refractivity contribution is -0.136. The van der Waals surface area contributed by atoms with Crippen LogP contribution in [0, 0.1) is 0 Å². The monoisotopic (exact) mass is 407 g/mol. The number of hydrogen-bond donors (Lipinski definition) is 4. The van der Waals surface area contributed by atoms with Crippen LogP contribution in [0.25, 0.3) is 0 Å². The Balaban J connectivity index is 2.08. The number of aliphatic carboxylic acids is 1. The van der Waals surface area contributed by atoms with Gasteiger partial charge in [-0.1, -0.05) is 12.1 Å². The van der Waals surface area contributed by atoms with Gasteiger partial charge in [0.2, 0.25) is 0 Å². The van der Waals surface area contributed by atoms with Gasteiger partial charge in [0, 0.05) is 6.54 Å². The van der Waals surface area contributed by atoms with Crippen LogP contribution in [0.5, 0.6) is 5.75 Å². The minimum atomic E-state index is -4.21. The minimum Gasteiger partial charge on any atom is -0.507 e. The van der Waals surface area contributed by atoms with Crippen molar-refractivity contribution in [3.63, 3.8) is 0 Å². The molecule has 0 radical (unpaired) electrons. The molecule has 0 aliphatic carbocycles. The second-order valence-corrected chi connectivity index (χ2v) is 7.25. The van der Waals surface area contributed by atoms with E-state index in [1.54, 1.807) is 24.3 Å². The van der Waals surface area contributed by atoms with Gasteiger partial charge < -0.3 is 15.5 Å². The van der Waals surface area contributed by atoms with E-state index in [9.17, 15) is 23.1 Å². The summed E-state index contributed by atoms with van der Waals surface area (Å²) in [6.45, 7) is -0.328. The van der Waals surface area contributed by atoms with Crippen molar-refractivity contribution in [1.82, 2.24) is 5.32 Å². The first-order chi connectivity index (χ1) is 13.1. The van der Waals surface area contributed by atoms with Gasteiger partial charge >= 0.3 is 5.97 Å². The van der Waals surface area contributed by atoms with Gasteiger partial charge in [-0.05, 0) is 35.9 Å².